The maximum atomic E-state index is 11.6. The van der Waals surface area contributed by atoms with Crippen molar-refractivity contribution in [1.82, 2.24) is 0 Å². The molecule has 20 heavy (non-hydrogen) atoms. The summed E-state index contributed by atoms with van der Waals surface area (Å²) < 4.78 is 21.9. The summed E-state index contributed by atoms with van der Waals surface area (Å²) in [6, 6.07) is 0. The first-order chi connectivity index (χ1) is 9.52. The molecule has 2 aliphatic rings. The molecular weight excluding hydrogens is 264 g/mol. The molecule has 0 saturated carbocycles. The van der Waals surface area contributed by atoms with Gasteiger partial charge >= 0.3 is 11.9 Å². The molecule has 6 nitrogen and oxygen atoms in total. The molecule has 2 aliphatic heterocycles. The Hall–Kier alpha value is -1.14. The normalized spacial score (nSPS) is 32.2. The van der Waals surface area contributed by atoms with E-state index in [1.54, 1.807) is 13.8 Å². The van der Waals surface area contributed by atoms with Crippen molar-refractivity contribution >= 4 is 11.9 Å². The smallest absolute Gasteiger partial charge is 0.308 e. The fraction of sp³-hybridized carbons (Fsp3) is 0.857. The lowest BCUT2D eigenvalue weighted by atomic mass is 10.1. The zero-order valence-corrected chi connectivity index (χ0v) is 12.2. The average Bonchev–Trinajstić information content (AvgIpc) is 2.94. The lowest BCUT2D eigenvalue weighted by Gasteiger charge is -2.18. The highest BCUT2D eigenvalue weighted by molar-refractivity contribution is 5.71. The number of rotatable bonds is 5. The maximum Gasteiger partial charge on any atom is 0.308 e. The van der Waals surface area contributed by atoms with E-state index in [9.17, 15) is 9.59 Å². The molecule has 114 valence electrons. The van der Waals surface area contributed by atoms with Crippen molar-refractivity contribution in [3.05, 3.63) is 0 Å². The van der Waals surface area contributed by atoms with Gasteiger partial charge in [-0.1, -0.05) is 20.8 Å². The molecule has 0 aromatic heterocycles. The Morgan fingerprint density at radius 2 is 1.65 bits per heavy atom. The van der Waals surface area contributed by atoms with Crippen molar-refractivity contribution < 1.29 is 28.5 Å². The number of fused-ring (bicyclic) bond motifs is 1. The van der Waals surface area contributed by atoms with Gasteiger partial charge < -0.3 is 18.9 Å². The Labute approximate surface area is 118 Å². The molecule has 2 fully saturated rings. The fourth-order valence-electron chi connectivity index (χ4n) is 2.35. The van der Waals surface area contributed by atoms with Gasteiger partial charge in [0, 0.05) is 6.42 Å². The number of hydrogen-bond acceptors (Lipinski definition) is 6. The predicted octanol–water partition coefficient (Wildman–Crippen LogP) is 1.06. The Bertz CT molecular complexity index is 367. The van der Waals surface area contributed by atoms with Crippen molar-refractivity contribution in [3.63, 3.8) is 0 Å². The highest BCUT2D eigenvalue weighted by atomic mass is 16.7. The molecular formula is C14H22O6. The molecule has 2 rings (SSSR count). The first kappa shape index (κ1) is 15.3. The summed E-state index contributed by atoms with van der Waals surface area (Å²) in [6.45, 7) is 6.06. The minimum absolute atomic E-state index is 0.186. The fourth-order valence-corrected chi connectivity index (χ4v) is 2.35. The van der Waals surface area contributed by atoms with Crippen molar-refractivity contribution in [3.8, 4) is 0 Å². The molecule has 0 aromatic rings. The molecule has 0 N–H and O–H groups in total. The summed E-state index contributed by atoms with van der Waals surface area (Å²) in [7, 11) is 0. The molecule has 0 spiro atoms. The molecule has 0 radical (unpaired) electrons. The Kier molecular flexibility index (Phi) is 4.99. The van der Waals surface area contributed by atoms with E-state index in [0.29, 0.717) is 13.0 Å². The predicted molar refractivity (Wildman–Crippen MR) is 69.0 cm³/mol. The number of carbonyl (C=O) groups is 2. The number of esters is 2. The summed E-state index contributed by atoms with van der Waals surface area (Å²) in [6.07, 6.45) is -0.347. The van der Waals surface area contributed by atoms with Crippen LogP contribution in [0.15, 0.2) is 0 Å². The van der Waals surface area contributed by atoms with Crippen LogP contribution in [0.25, 0.3) is 0 Å². The van der Waals surface area contributed by atoms with E-state index < -0.39 is 12.2 Å². The zero-order valence-electron chi connectivity index (χ0n) is 12.2. The molecule has 6 heteroatoms. The second-order valence-electron chi connectivity index (χ2n) is 5.50. The van der Waals surface area contributed by atoms with E-state index in [1.807, 2.05) is 6.92 Å². The minimum Gasteiger partial charge on any atom is -0.457 e. The van der Waals surface area contributed by atoms with E-state index in [1.165, 1.54) is 0 Å². The molecule has 0 aromatic carbocycles. The summed E-state index contributed by atoms with van der Waals surface area (Å²) in [5.74, 6) is -0.698. The third kappa shape index (κ3) is 3.30. The second-order valence-corrected chi connectivity index (χ2v) is 5.50. The standard InChI is InChI=1S/C14H22O6/c1-4-5-11(15)19-9-6-17-13-10(7-18-12(9)13)20-14(16)8(2)3/h8-10,12-13H,4-7H2,1-3H3. The van der Waals surface area contributed by atoms with Crippen LogP contribution in [0.5, 0.6) is 0 Å². The van der Waals surface area contributed by atoms with E-state index in [0.717, 1.165) is 6.42 Å². The average molecular weight is 286 g/mol. The first-order valence-corrected chi connectivity index (χ1v) is 7.16. The Morgan fingerprint density at radius 3 is 2.15 bits per heavy atom. The minimum atomic E-state index is -0.412. The van der Waals surface area contributed by atoms with Gasteiger partial charge in [-0.25, -0.2) is 0 Å². The number of carbonyl (C=O) groups excluding carboxylic acids is 2. The third-order valence-electron chi connectivity index (χ3n) is 3.44. The van der Waals surface area contributed by atoms with Crippen molar-refractivity contribution in [2.24, 2.45) is 5.92 Å². The van der Waals surface area contributed by atoms with Gasteiger partial charge in [-0.2, -0.15) is 0 Å². The van der Waals surface area contributed by atoms with Crippen LogP contribution in [0, 0.1) is 5.92 Å². The SMILES string of the molecule is CCCC(=O)OC1COC2C(OC(=O)C(C)C)COC12. The third-order valence-corrected chi connectivity index (χ3v) is 3.44. The van der Waals surface area contributed by atoms with Gasteiger partial charge in [-0.15, -0.1) is 0 Å². The van der Waals surface area contributed by atoms with Gasteiger partial charge in [0.2, 0.25) is 0 Å². The Balaban J connectivity index is 1.87. The first-order valence-electron chi connectivity index (χ1n) is 7.16. The quantitative estimate of drug-likeness (QED) is 0.704. The van der Waals surface area contributed by atoms with Crippen LogP contribution in [0.1, 0.15) is 33.6 Å². The highest BCUT2D eigenvalue weighted by Gasteiger charge is 2.51. The van der Waals surface area contributed by atoms with E-state index >= 15 is 0 Å². The van der Waals surface area contributed by atoms with Crippen LogP contribution in [0.4, 0.5) is 0 Å². The summed E-state index contributed by atoms with van der Waals surface area (Å²) in [5, 5.41) is 0. The number of ether oxygens (including phenoxy) is 4. The molecule has 2 saturated heterocycles. The molecule has 0 aliphatic carbocycles. The lowest BCUT2D eigenvalue weighted by Crippen LogP contribution is -2.36. The van der Waals surface area contributed by atoms with Crippen LogP contribution in [-0.2, 0) is 28.5 Å². The Morgan fingerprint density at radius 1 is 1.10 bits per heavy atom. The van der Waals surface area contributed by atoms with Crippen LogP contribution in [0.3, 0.4) is 0 Å². The lowest BCUT2D eigenvalue weighted by molar-refractivity contribution is -0.158. The van der Waals surface area contributed by atoms with E-state index in [4.69, 9.17) is 18.9 Å². The van der Waals surface area contributed by atoms with Crippen LogP contribution in [-0.4, -0.2) is 49.6 Å². The molecule has 0 bridgehead atoms. The van der Waals surface area contributed by atoms with Crippen molar-refractivity contribution in [2.45, 2.75) is 58.0 Å². The summed E-state index contributed by atoms with van der Waals surface area (Å²) in [5.41, 5.74) is 0. The van der Waals surface area contributed by atoms with Crippen molar-refractivity contribution in [2.75, 3.05) is 13.2 Å². The zero-order chi connectivity index (χ0) is 14.7. The van der Waals surface area contributed by atoms with Crippen molar-refractivity contribution in [1.29, 1.82) is 0 Å². The van der Waals surface area contributed by atoms with Gasteiger partial charge in [-0.3, -0.25) is 9.59 Å². The highest BCUT2D eigenvalue weighted by Crippen LogP contribution is 2.31. The largest absolute Gasteiger partial charge is 0.457 e. The van der Waals surface area contributed by atoms with Crippen LogP contribution < -0.4 is 0 Å². The summed E-state index contributed by atoms with van der Waals surface area (Å²) in [4.78, 5) is 23.1. The topological polar surface area (TPSA) is 71.1 Å². The van der Waals surface area contributed by atoms with Crippen LogP contribution >= 0.6 is 0 Å². The summed E-state index contributed by atoms with van der Waals surface area (Å²) >= 11 is 0. The van der Waals surface area contributed by atoms with E-state index in [2.05, 4.69) is 0 Å². The van der Waals surface area contributed by atoms with Crippen LogP contribution in [0.2, 0.25) is 0 Å². The number of hydrogen-bond donors (Lipinski definition) is 0. The maximum absolute atomic E-state index is 11.6. The second kappa shape index (κ2) is 6.54. The molecule has 4 atom stereocenters. The van der Waals surface area contributed by atoms with E-state index in [-0.39, 0.29) is 36.7 Å². The van der Waals surface area contributed by atoms with Gasteiger partial charge in [0.1, 0.15) is 12.2 Å². The van der Waals surface area contributed by atoms with Gasteiger partial charge in [0.05, 0.1) is 19.1 Å². The molecule has 0 amide bonds. The molecule has 4 unspecified atom stereocenters. The molecule has 2 heterocycles. The van der Waals surface area contributed by atoms with Gasteiger partial charge in [-0.05, 0) is 6.42 Å². The van der Waals surface area contributed by atoms with Gasteiger partial charge in [0.25, 0.3) is 0 Å². The van der Waals surface area contributed by atoms with Gasteiger partial charge in [0.15, 0.2) is 12.2 Å². The monoisotopic (exact) mass is 286 g/mol.